The summed E-state index contributed by atoms with van der Waals surface area (Å²) in [5, 5.41) is 47.6. The number of likely N-dealkylation sites (tertiary alicyclic amines) is 1. The van der Waals surface area contributed by atoms with Crippen LogP contribution in [0.15, 0.2) is 58.0 Å². The lowest BCUT2D eigenvalue weighted by Gasteiger charge is -2.36. The van der Waals surface area contributed by atoms with E-state index >= 15 is 0 Å². The summed E-state index contributed by atoms with van der Waals surface area (Å²) < 4.78 is 18.7. The molecule has 6 aliphatic rings. The molecule has 5 heterocycles. The molecule has 17 nitrogen and oxygen atoms in total. The first-order valence-corrected chi connectivity index (χ1v) is 25.4. The number of piperidine rings is 1. The van der Waals surface area contributed by atoms with Crippen LogP contribution >= 0.6 is 0 Å². The second-order valence-corrected chi connectivity index (χ2v) is 21.1. The largest absolute Gasteiger partial charge is 0.507 e. The number of aliphatic hydroxyl groups excluding tert-OH is 2. The van der Waals surface area contributed by atoms with Crippen molar-refractivity contribution < 1.29 is 49.0 Å². The quantitative estimate of drug-likeness (QED) is 0.0696. The highest BCUT2D eigenvalue weighted by Gasteiger charge is 2.50. The van der Waals surface area contributed by atoms with Crippen molar-refractivity contribution >= 4 is 34.1 Å². The molecule has 390 valence electrons. The molecule has 1 amide bonds. The minimum atomic E-state index is -1.90. The molecular formula is C54H79N7O10. The fourth-order valence-electron chi connectivity index (χ4n) is 10.9. The van der Waals surface area contributed by atoms with Gasteiger partial charge in [0.15, 0.2) is 11.4 Å². The number of carbonyl (C=O) groups is 3. The van der Waals surface area contributed by atoms with Crippen molar-refractivity contribution in [3.8, 4) is 17.2 Å². The number of hydrogen-bond acceptors (Lipinski definition) is 16. The maximum absolute atomic E-state index is 14.8. The molecule has 5 aliphatic heterocycles. The van der Waals surface area contributed by atoms with Gasteiger partial charge in [0.05, 0.1) is 28.7 Å². The van der Waals surface area contributed by atoms with Crippen LogP contribution in [0.2, 0.25) is 0 Å². The number of nitrogens with zero attached hydrogens (tertiary/aromatic N) is 4. The molecule has 17 heteroatoms. The van der Waals surface area contributed by atoms with Crippen molar-refractivity contribution in [2.24, 2.45) is 57.1 Å². The van der Waals surface area contributed by atoms with E-state index in [9.17, 15) is 29.7 Å². The fourth-order valence-corrected chi connectivity index (χ4v) is 10.9. The second kappa shape index (κ2) is 22.9. The zero-order valence-corrected chi connectivity index (χ0v) is 43.5. The van der Waals surface area contributed by atoms with Gasteiger partial charge in [0, 0.05) is 80.8 Å². The molecule has 2 aromatic carbocycles. The summed E-state index contributed by atoms with van der Waals surface area (Å²) in [7, 11) is 1.00. The molecule has 8 rings (SSSR count). The average Bonchev–Trinajstić information content (AvgIpc) is 3.83. The van der Waals surface area contributed by atoms with E-state index in [0.29, 0.717) is 42.9 Å². The number of Topliss-reactive ketones (excluding diaryl/α,β-unsaturated/α-hetero) is 1. The van der Waals surface area contributed by atoms with Gasteiger partial charge in [-0.15, -0.1) is 0 Å². The van der Waals surface area contributed by atoms with Crippen LogP contribution < -0.4 is 32.3 Å². The Labute approximate surface area is 418 Å². The van der Waals surface area contributed by atoms with Gasteiger partial charge in [-0.25, -0.2) is 5.84 Å². The molecule has 0 aromatic heterocycles. The zero-order valence-electron chi connectivity index (χ0n) is 43.5. The van der Waals surface area contributed by atoms with Gasteiger partial charge in [0.1, 0.15) is 35.2 Å². The number of amides is 1. The smallest absolute Gasteiger partial charge is 0.327 e. The van der Waals surface area contributed by atoms with Crippen molar-refractivity contribution in [3.05, 3.63) is 69.9 Å². The predicted molar refractivity (Wildman–Crippen MR) is 272 cm³/mol. The molecule has 1 saturated heterocycles. The van der Waals surface area contributed by atoms with Crippen molar-refractivity contribution in [2.75, 3.05) is 38.6 Å². The topological polar surface area (TPSA) is 255 Å². The number of hydrazine groups is 1. The number of nitrogens with one attached hydrogen (secondary N) is 1. The van der Waals surface area contributed by atoms with Crippen LogP contribution in [-0.4, -0.2) is 105 Å². The zero-order chi connectivity index (χ0) is 52.1. The highest BCUT2D eigenvalue weighted by Crippen LogP contribution is 2.50. The van der Waals surface area contributed by atoms with E-state index in [0.717, 1.165) is 52.4 Å². The van der Waals surface area contributed by atoms with E-state index < -0.39 is 53.0 Å². The lowest BCUT2D eigenvalue weighted by molar-refractivity contribution is -0.159. The van der Waals surface area contributed by atoms with Gasteiger partial charge in [-0.1, -0.05) is 79.0 Å². The van der Waals surface area contributed by atoms with Gasteiger partial charge in [-0.2, -0.15) is 0 Å². The van der Waals surface area contributed by atoms with E-state index in [-0.39, 0.29) is 80.0 Å². The summed E-state index contributed by atoms with van der Waals surface area (Å²) in [5.74, 6) is 1.62. The molecule has 9 N–H and O–H groups in total. The molecule has 0 radical (unpaired) electrons. The normalized spacial score (nSPS) is 29.2. The predicted octanol–water partition coefficient (Wildman–Crippen LogP) is 6.30. The second-order valence-electron chi connectivity index (χ2n) is 21.1. The number of esters is 1. The molecule has 4 unspecified atom stereocenters. The Hall–Kier alpha value is -5.49. The highest BCUT2D eigenvalue weighted by molar-refractivity contribution is 6.19. The SMILES string of the molecule is C/C1=C/C=C/C(C)C[C@@H](C)C(O)[C@@H](C)C(OC(=O)CN(N)/C=C(\N)C2CCCCC2)[C@H](C)C/C=C/OC2(C)Oc3c(C)c(O)c4c(O)c(c5c(c4c3C2=O)=NC2(CCN(CC(C)C)CC2)N=5)NC1=O.CO. The van der Waals surface area contributed by atoms with E-state index in [2.05, 4.69) is 24.1 Å². The number of anilines is 1. The Morgan fingerprint density at radius 1 is 1.01 bits per heavy atom. The molecule has 1 saturated carbocycles. The molecule has 1 aliphatic carbocycles. The first-order chi connectivity index (χ1) is 33.6. The van der Waals surface area contributed by atoms with Crippen molar-refractivity contribution in [3.63, 3.8) is 0 Å². The summed E-state index contributed by atoms with van der Waals surface area (Å²) in [5.41, 5.74) is 6.69. The van der Waals surface area contributed by atoms with Gasteiger partial charge < -0.3 is 55.6 Å². The third-order valence-corrected chi connectivity index (χ3v) is 14.9. The lowest BCUT2D eigenvalue weighted by Crippen LogP contribution is -2.43. The van der Waals surface area contributed by atoms with Crippen molar-refractivity contribution in [2.45, 2.75) is 144 Å². The third-order valence-electron chi connectivity index (χ3n) is 14.9. The monoisotopic (exact) mass is 986 g/mol. The van der Waals surface area contributed by atoms with Crippen LogP contribution in [-0.2, 0) is 19.1 Å². The van der Waals surface area contributed by atoms with E-state index in [1.165, 1.54) is 24.6 Å². The summed E-state index contributed by atoms with van der Waals surface area (Å²) in [4.78, 5) is 55.2. The van der Waals surface area contributed by atoms with Crippen LogP contribution in [0, 0.1) is 42.4 Å². The Balaban J connectivity index is 0.00000407. The molecule has 2 fully saturated rings. The number of benzene rings is 2. The lowest BCUT2D eigenvalue weighted by atomic mass is 9.80. The molecule has 5 bridgehead atoms. The van der Waals surface area contributed by atoms with Crippen LogP contribution in [0.4, 0.5) is 5.69 Å². The number of rotatable bonds is 7. The first kappa shape index (κ1) is 54.8. The summed E-state index contributed by atoms with van der Waals surface area (Å²) >= 11 is 0. The number of phenolic OH excluding ortho intramolecular Hbond substituents is 2. The number of hydrogen-bond donors (Lipinski definition) is 7. The van der Waals surface area contributed by atoms with Crippen LogP contribution in [0.1, 0.15) is 129 Å². The van der Waals surface area contributed by atoms with E-state index in [1.54, 1.807) is 38.3 Å². The number of fused-ring (bicyclic) bond motifs is 13. The fraction of sp³-hybridized carbons (Fsp3) is 0.611. The van der Waals surface area contributed by atoms with Gasteiger partial charge in [0.25, 0.3) is 11.7 Å². The molecule has 1 spiro atoms. The van der Waals surface area contributed by atoms with E-state index in [4.69, 9.17) is 40.9 Å². The van der Waals surface area contributed by atoms with Gasteiger partial charge in [-0.3, -0.25) is 24.4 Å². The maximum Gasteiger partial charge on any atom is 0.327 e. The Morgan fingerprint density at radius 2 is 1.68 bits per heavy atom. The van der Waals surface area contributed by atoms with Crippen LogP contribution in [0.5, 0.6) is 17.2 Å². The standard InChI is InChI=1S/C53H75N7O9.CH4O/c1-29(2)26-59-22-20-53(21-23-59)57-42-39-40-46(63)35(8)49-41(39)50(65)52(9,69-49)67-24-14-17-31(4)48(68-38(61)28-60(55)27-37(54)36-18-11-10-12-19-36)34(7)45(62)33(6)25-30(3)15-13-16-32(5)51(66)56-44(47(40)64)43(42)58-53;1-2/h13-16,24,27,29-31,33-34,36,45,48,62-64H,10-12,17-23,25-26,28,54-55H2,1-9H3,(H,56,66);2H,1H3/b15-13+,24-14+,32-16-,37-27-;/t30?,31-,33-,34-,45?,48?,52?;/m1./s1. The maximum atomic E-state index is 14.8. The number of aromatic hydroxyl groups is 2. The highest BCUT2D eigenvalue weighted by atomic mass is 16.7. The van der Waals surface area contributed by atoms with Gasteiger partial charge in [0.2, 0.25) is 0 Å². The molecule has 7 atom stereocenters. The average molecular weight is 986 g/mol. The number of carbonyl (C=O) groups excluding carboxylic acids is 3. The van der Waals surface area contributed by atoms with Crippen LogP contribution in [0.3, 0.4) is 0 Å². The summed E-state index contributed by atoms with van der Waals surface area (Å²) in [6, 6.07) is 0. The number of aliphatic hydroxyl groups is 2. The van der Waals surface area contributed by atoms with Gasteiger partial charge in [-0.05, 0) is 75.2 Å². The minimum Gasteiger partial charge on any atom is -0.507 e. The number of nitrogens with two attached hydrogens (primary N) is 2. The Kier molecular flexibility index (Phi) is 17.7. The third kappa shape index (κ3) is 11.9. The summed E-state index contributed by atoms with van der Waals surface area (Å²) in [6.07, 6.45) is 15.9. The Bertz CT molecular complexity index is 2560. The van der Waals surface area contributed by atoms with Crippen LogP contribution in [0.25, 0.3) is 10.8 Å². The van der Waals surface area contributed by atoms with Crippen molar-refractivity contribution in [1.82, 2.24) is 9.91 Å². The summed E-state index contributed by atoms with van der Waals surface area (Å²) in [6.45, 7) is 19.0. The molecular weight excluding hydrogens is 907 g/mol. The molecule has 71 heavy (non-hydrogen) atoms. The van der Waals surface area contributed by atoms with Crippen molar-refractivity contribution in [1.29, 1.82) is 0 Å². The molecule has 2 aromatic rings. The number of ether oxygens (including phenoxy) is 3. The number of phenols is 2. The van der Waals surface area contributed by atoms with Gasteiger partial charge >= 0.3 is 11.8 Å². The Morgan fingerprint density at radius 3 is 2.34 bits per heavy atom. The first-order valence-electron chi connectivity index (χ1n) is 25.4. The van der Waals surface area contributed by atoms with E-state index in [1.807, 2.05) is 33.8 Å². The minimum absolute atomic E-state index is 0.0122. The number of allylic oxidation sites excluding steroid dienone is 5. The number of ketones is 1.